The molecular formula is C11H8ClF3N2S. The summed E-state index contributed by atoms with van der Waals surface area (Å²) in [5, 5.41) is 0.350. The predicted octanol–water partition coefficient (Wildman–Crippen LogP) is 4.52. The van der Waals surface area contributed by atoms with Crippen molar-refractivity contribution in [2.24, 2.45) is 0 Å². The van der Waals surface area contributed by atoms with Crippen LogP contribution in [0.15, 0.2) is 24.5 Å². The zero-order chi connectivity index (χ0) is 13.3. The van der Waals surface area contributed by atoms with Crippen molar-refractivity contribution in [3.63, 3.8) is 0 Å². The second-order valence-electron chi connectivity index (χ2n) is 3.68. The van der Waals surface area contributed by atoms with Gasteiger partial charge in [-0.3, -0.25) is 4.98 Å². The van der Waals surface area contributed by atoms with E-state index in [-0.39, 0.29) is 10.0 Å². The van der Waals surface area contributed by atoms with Crippen molar-refractivity contribution in [1.29, 1.82) is 0 Å². The highest BCUT2D eigenvalue weighted by Gasteiger charge is 2.39. The highest BCUT2D eigenvalue weighted by Crippen LogP contribution is 2.42. The number of hydrogen-bond donors (Lipinski definition) is 0. The van der Waals surface area contributed by atoms with E-state index in [1.54, 1.807) is 18.3 Å². The molecule has 0 saturated carbocycles. The number of nitrogens with zero attached hydrogens (tertiary/aromatic N) is 2. The van der Waals surface area contributed by atoms with Crippen molar-refractivity contribution in [2.75, 3.05) is 0 Å². The third-order valence-corrected chi connectivity index (χ3v) is 4.09. The second-order valence-corrected chi connectivity index (χ2v) is 5.07. The fourth-order valence-corrected chi connectivity index (χ4v) is 2.78. The molecule has 0 aromatic carbocycles. The Kier molecular flexibility index (Phi) is 3.59. The van der Waals surface area contributed by atoms with Gasteiger partial charge in [0.05, 0.1) is 10.8 Å². The topological polar surface area (TPSA) is 25.8 Å². The standard InChI is InChI=1S/C11H8ClF3N2S/c1-6(11(13,14)15)8-9(12)17-10(18-8)7-3-2-4-16-5-7/h2-6H,1H3. The first-order chi connectivity index (χ1) is 8.39. The van der Waals surface area contributed by atoms with Crippen molar-refractivity contribution in [2.45, 2.75) is 19.0 Å². The molecule has 0 aliphatic heterocycles. The Morgan fingerprint density at radius 1 is 1.39 bits per heavy atom. The van der Waals surface area contributed by atoms with Gasteiger partial charge in [0, 0.05) is 18.0 Å². The number of thiazole rings is 1. The molecule has 2 aromatic rings. The van der Waals surface area contributed by atoms with Crippen LogP contribution in [-0.4, -0.2) is 16.1 Å². The van der Waals surface area contributed by atoms with Crippen LogP contribution in [0.5, 0.6) is 0 Å². The van der Waals surface area contributed by atoms with E-state index in [0.29, 0.717) is 10.6 Å². The van der Waals surface area contributed by atoms with Crippen LogP contribution in [0.2, 0.25) is 5.15 Å². The van der Waals surface area contributed by atoms with Crippen molar-refractivity contribution in [3.8, 4) is 10.6 Å². The summed E-state index contributed by atoms with van der Waals surface area (Å²) in [6, 6.07) is 3.42. The largest absolute Gasteiger partial charge is 0.396 e. The van der Waals surface area contributed by atoms with E-state index < -0.39 is 12.1 Å². The van der Waals surface area contributed by atoms with Crippen LogP contribution in [0.4, 0.5) is 13.2 Å². The normalized spacial score (nSPS) is 13.6. The molecule has 0 spiro atoms. The average Bonchev–Trinajstić information content (AvgIpc) is 2.70. The first kappa shape index (κ1) is 13.3. The van der Waals surface area contributed by atoms with Gasteiger partial charge in [0.25, 0.3) is 0 Å². The maximum absolute atomic E-state index is 12.6. The molecule has 1 atom stereocenters. The maximum Gasteiger partial charge on any atom is 0.396 e. The lowest BCUT2D eigenvalue weighted by Gasteiger charge is -2.13. The zero-order valence-corrected chi connectivity index (χ0v) is 10.8. The molecule has 0 aliphatic rings. The Morgan fingerprint density at radius 3 is 2.67 bits per heavy atom. The van der Waals surface area contributed by atoms with Crippen molar-refractivity contribution in [3.05, 3.63) is 34.6 Å². The van der Waals surface area contributed by atoms with Gasteiger partial charge in [-0.15, -0.1) is 11.3 Å². The van der Waals surface area contributed by atoms with Gasteiger partial charge in [0.2, 0.25) is 0 Å². The van der Waals surface area contributed by atoms with E-state index in [1.807, 2.05) is 0 Å². The lowest BCUT2D eigenvalue weighted by molar-refractivity contribution is -0.145. The molecule has 0 aliphatic carbocycles. The van der Waals surface area contributed by atoms with Gasteiger partial charge in [-0.2, -0.15) is 13.2 Å². The number of halogens is 4. The molecular weight excluding hydrogens is 285 g/mol. The van der Waals surface area contributed by atoms with E-state index in [4.69, 9.17) is 11.6 Å². The monoisotopic (exact) mass is 292 g/mol. The van der Waals surface area contributed by atoms with Crippen LogP contribution < -0.4 is 0 Å². The summed E-state index contributed by atoms with van der Waals surface area (Å²) in [6.07, 6.45) is -1.20. The lowest BCUT2D eigenvalue weighted by atomic mass is 10.1. The van der Waals surface area contributed by atoms with Gasteiger partial charge in [-0.1, -0.05) is 11.6 Å². The number of pyridine rings is 1. The van der Waals surface area contributed by atoms with Crippen molar-refractivity contribution in [1.82, 2.24) is 9.97 Å². The summed E-state index contributed by atoms with van der Waals surface area (Å²) in [6.45, 7) is 1.08. The maximum atomic E-state index is 12.6. The Balaban J connectivity index is 2.39. The molecule has 2 nitrogen and oxygen atoms in total. The lowest BCUT2D eigenvalue weighted by Crippen LogP contribution is -2.16. The smallest absolute Gasteiger partial charge is 0.264 e. The van der Waals surface area contributed by atoms with Crippen LogP contribution in [0.3, 0.4) is 0 Å². The van der Waals surface area contributed by atoms with Crippen molar-refractivity contribution < 1.29 is 13.2 Å². The summed E-state index contributed by atoms with van der Waals surface area (Å²) in [4.78, 5) is 7.88. The summed E-state index contributed by atoms with van der Waals surface area (Å²) in [7, 11) is 0. The Hall–Kier alpha value is -1.14. The number of hydrogen-bond acceptors (Lipinski definition) is 3. The van der Waals surface area contributed by atoms with Gasteiger partial charge in [-0.25, -0.2) is 4.98 Å². The Morgan fingerprint density at radius 2 is 2.11 bits per heavy atom. The third kappa shape index (κ3) is 2.64. The number of aromatic nitrogens is 2. The average molecular weight is 293 g/mol. The van der Waals surface area contributed by atoms with Crippen LogP contribution in [0.25, 0.3) is 10.6 Å². The fraction of sp³-hybridized carbons (Fsp3) is 0.273. The minimum atomic E-state index is -4.32. The second kappa shape index (κ2) is 4.85. The molecule has 96 valence electrons. The summed E-state index contributed by atoms with van der Waals surface area (Å²) >= 11 is 6.72. The van der Waals surface area contributed by atoms with E-state index in [9.17, 15) is 13.2 Å². The van der Waals surface area contributed by atoms with Crippen LogP contribution >= 0.6 is 22.9 Å². The minimum absolute atomic E-state index is 0.0306. The SMILES string of the molecule is CC(c1sc(-c2cccnc2)nc1Cl)C(F)(F)F. The molecule has 2 heterocycles. The van der Waals surface area contributed by atoms with Gasteiger partial charge in [0.1, 0.15) is 10.2 Å². The zero-order valence-electron chi connectivity index (χ0n) is 9.20. The molecule has 18 heavy (non-hydrogen) atoms. The summed E-state index contributed by atoms with van der Waals surface area (Å²) in [5.74, 6) is -1.62. The third-order valence-electron chi connectivity index (χ3n) is 2.40. The molecule has 7 heteroatoms. The quantitative estimate of drug-likeness (QED) is 0.813. The van der Waals surface area contributed by atoms with Crippen LogP contribution in [0.1, 0.15) is 17.7 Å². The summed E-state index contributed by atoms with van der Waals surface area (Å²) < 4.78 is 37.9. The molecule has 0 N–H and O–H groups in total. The number of alkyl halides is 3. The van der Waals surface area contributed by atoms with Gasteiger partial charge >= 0.3 is 6.18 Å². The molecule has 2 rings (SSSR count). The van der Waals surface area contributed by atoms with Crippen LogP contribution in [-0.2, 0) is 0 Å². The van der Waals surface area contributed by atoms with Gasteiger partial charge in [-0.05, 0) is 19.1 Å². The molecule has 0 saturated heterocycles. The Bertz CT molecular complexity index is 539. The molecule has 0 radical (unpaired) electrons. The molecule has 0 amide bonds. The van der Waals surface area contributed by atoms with Crippen LogP contribution in [0, 0.1) is 0 Å². The van der Waals surface area contributed by atoms with E-state index >= 15 is 0 Å². The summed E-state index contributed by atoms with van der Waals surface area (Å²) in [5.41, 5.74) is 0.657. The van der Waals surface area contributed by atoms with E-state index in [2.05, 4.69) is 9.97 Å². The predicted molar refractivity (Wildman–Crippen MR) is 64.8 cm³/mol. The molecule has 2 aromatic heterocycles. The Labute approximate surface area is 110 Å². The number of rotatable bonds is 2. The highest BCUT2D eigenvalue weighted by molar-refractivity contribution is 7.15. The molecule has 0 bridgehead atoms. The highest BCUT2D eigenvalue weighted by atomic mass is 35.5. The van der Waals surface area contributed by atoms with E-state index in [1.165, 1.54) is 6.20 Å². The first-order valence-corrected chi connectivity index (χ1v) is 6.22. The van der Waals surface area contributed by atoms with E-state index in [0.717, 1.165) is 18.3 Å². The molecule has 0 fully saturated rings. The molecule has 1 unspecified atom stereocenters. The van der Waals surface area contributed by atoms with Gasteiger partial charge < -0.3 is 0 Å². The minimum Gasteiger partial charge on any atom is -0.264 e. The van der Waals surface area contributed by atoms with Gasteiger partial charge in [0.15, 0.2) is 0 Å². The first-order valence-electron chi connectivity index (χ1n) is 5.03. The van der Waals surface area contributed by atoms with Crippen molar-refractivity contribution >= 4 is 22.9 Å². The fourth-order valence-electron chi connectivity index (χ4n) is 1.34.